The molecule has 0 rings (SSSR count). The molecule has 0 fully saturated rings. The van der Waals surface area contributed by atoms with Gasteiger partial charge in [0, 0.05) is 0 Å². The Labute approximate surface area is 89.0 Å². The number of hydrogen-bond acceptors (Lipinski definition) is 2. The van der Waals surface area contributed by atoms with Crippen LogP contribution in [0.4, 0.5) is 0 Å². The summed E-state index contributed by atoms with van der Waals surface area (Å²) in [4.78, 5) is 0. The molecule has 0 aliphatic carbocycles. The molecule has 0 aromatic rings. The van der Waals surface area contributed by atoms with Crippen LogP contribution in [0.25, 0.3) is 0 Å². The predicted molar refractivity (Wildman–Crippen MR) is 60.3 cm³/mol. The van der Waals surface area contributed by atoms with Gasteiger partial charge in [-0.3, -0.25) is 0 Å². The molecule has 0 bridgehead atoms. The van der Waals surface area contributed by atoms with Gasteiger partial charge in [0.05, 0.1) is 12.2 Å². The van der Waals surface area contributed by atoms with Crippen molar-refractivity contribution in [3.05, 3.63) is 0 Å². The molecule has 0 saturated carbocycles. The van der Waals surface area contributed by atoms with Crippen LogP contribution in [0.2, 0.25) is 0 Å². The van der Waals surface area contributed by atoms with Crippen LogP contribution in [0.1, 0.15) is 55.4 Å². The first-order chi connectivity index (χ1) is 5.91. The van der Waals surface area contributed by atoms with Gasteiger partial charge in [0.1, 0.15) is 0 Å². The van der Waals surface area contributed by atoms with Crippen molar-refractivity contribution in [1.82, 2.24) is 0 Å². The van der Waals surface area contributed by atoms with Gasteiger partial charge < -0.3 is 9.47 Å². The highest BCUT2D eigenvalue weighted by molar-refractivity contribution is 4.68. The maximum absolute atomic E-state index is 5.80. The molecular formula is C12H26O2. The monoisotopic (exact) mass is 202 g/mol. The normalized spacial score (nSPS) is 14.6. The van der Waals surface area contributed by atoms with E-state index in [0.717, 1.165) is 0 Å². The molecule has 0 unspecified atom stereocenters. The Kier molecular flexibility index (Phi) is 4.17. The molecule has 0 heterocycles. The van der Waals surface area contributed by atoms with Gasteiger partial charge in [-0.1, -0.05) is 20.8 Å². The Hall–Kier alpha value is -0.0800. The second-order valence-electron chi connectivity index (χ2n) is 6.46. The summed E-state index contributed by atoms with van der Waals surface area (Å²) < 4.78 is 11.5. The quantitative estimate of drug-likeness (QED) is 0.651. The van der Waals surface area contributed by atoms with Gasteiger partial charge >= 0.3 is 0 Å². The molecule has 0 saturated heterocycles. The van der Waals surface area contributed by atoms with Crippen molar-refractivity contribution in [3.63, 3.8) is 0 Å². The van der Waals surface area contributed by atoms with Gasteiger partial charge in [0.25, 0.3) is 0 Å². The second kappa shape index (κ2) is 4.19. The molecule has 0 aliphatic rings. The van der Waals surface area contributed by atoms with E-state index in [1.54, 1.807) is 0 Å². The minimum absolute atomic E-state index is 0.165. The van der Waals surface area contributed by atoms with Gasteiger partial charge in [-0.15, -0.1) is 0 Å². The van der Waals surface area contributed by atoms with Crippen molar-refractivity contribution in [3.8, 4) is 0 Å². The fraction of sp³-hybridized carbons (Fsp3) is 1.00. The SMILES string of the molecule is CC(C)(C)COC(C)(C)OC(C)(C)C. The Bertz CT molecular complexity index is 170. The van der Waals surface area contributed by atoms with Crippen LogP contribution in [-0.4, -0.2) is 18.0 Å². The molecule has 14 heavy (non-hydrogen) atoms. The Morgan fingerprint density at radius 3 is 1.50 bits per heavy atom. The third-order valence-corrected chi connectivity index (χ3v) is 1.40. The van der Waals surface area contributed by atoms with E-state index in [9.17, 15) is 0 Å². The molecule has 0 aromatic heterocycles. The molecule has 2 heteroatoms. The highest BCUT2D eigenvalue weighted by Crippen LogP contribution is 2.24. The van der Waals surface area contributed by atoms with Crippen LogP contribution >= 0.6 is 0 Å². The predicted octanol–water partition coefficient (Wildman–Crippen LogP) is 3.60. The van der Waals surface area contributed by atoms with Crippen LogP contribution in [0, 0.1) is 5.41 Å². The summed E-state index contributed by atoms with van der Waals surface area (Å²) >= 11 is 0. The minimum Gasteiger partial charge on any atom is -0.350 e. The maximum atomic E-state index is 5.80. The van der Waals surface area contributed by atoms with E-state index in [4.69, 9.17) is 9.47 Å². The van der Waals surface area contributed by atoms with E-state index in [0.29, 0.717) is 6.61 Å². The fourth-order valence-corrected chi connectivity index (χ4v) is 1.16. The van der Waals surface area contributed by atoms with E-state index >= 15 is 0 Å². The summed E-state index contributed by atoms with van der Waals surface area (Å²) in [5, 5.41) is 0. The average molecular weight is 202 g/mol. The number of ether oxygens (including phenoxy) is 2. The molecular weight excluding hydrogens is 176 g/mol. The zero-order chi connectivity index (χ0) is 11.6. The lowest BCUT2D eigenvalue weighted by Crippen LogP contribution is -2.39. The number of hydrogen-bond donors (Lipinski definition) is 0. The van der Waals surface area contributed by atoms with Crippen molar-refractivity contribution in [1.29, 1.82) is 0 Å². The highest BCUT2D eigenvalue weighted by atomic mass is 16.7. The van der Waals surface area contributed by atoms with E-state index in [1.807, 2.05) is 34.6 Å². The Balaban J connectivity index is 4.09. The Morgan fingerprint density at radius 2 is 1.21 bits per heavy atom. The molecule has 0 radical (unpaired) electrons. The molecule has 0 aromatic carbocycles. The van der Waals surface area contributed by atoms with Gasteiger partial charge in [0.2, 0.25) is 0 Å². The zero-order valence-electron chi connectivity index (χ0n) is 11.0. The largest absolute Gasteiger partial charge is 0.350 e. The third-order valence-electron chi connectivity index (χ3n) is 1.40. The van der Waals surface area contributed by atoms with Crippen LogP contribution in [0.15, 0.2) is 0 Å². The summed E-state index contributed by atoms with van der Waals surface area (Å²) in [6, 6.07) is 0. The van der Waals surface area contributed by atoms with Crippen molar-refractivity contribution in [2.24, 2.45) is 5.41 Å². The first kappa shape index (κ1) is 13.9. The van der Waals surface area contributed by atoms with Crippen molar-refractivity contribution in [2.75, 3.05) is 6.61 Å². The topological polar surface area (TPSA) is 18.5 Å². The average Bonchev–Trinajstić information content (AvgIpc) is 1.76. The van der Waals surface area contributed by atoms with Crippen LogP contribution in [0.5, 0.6) is 0 Å². The first-order valence-electron chi connectivity index (χ1n) is 5.25. The second-order valence-corrected chi connectivity index (χ2v) is 6.46. The molecule has 0 aliphatic heterocycles. The number of rotatable bonds is 3. The summed E-state index contributed by atoms with van der Waals surface area (Å²) in [6.07, 6.45) is 0. The summed E-state index contributed by atoms with van der Waals surface area (Å²) in [6.45, 7) is 17.2. The van der Waals surface area contributed by atoms with E-state index < -0.39 is 5.79 Å². The summed E-state index contributed by atoms with van der Waals surface area (Å²) in [5.74, 6) is -0.508. The Morgan fingerprint density at radius 1 is 0.786 bits per heavy atom. The van der Waals surface area contributed by atoms with Crippen molar-refractivity contribution in [2.45, 2.75) is 66.8 Å². The standard InChI is InChI=1S/C12H26O2/c1-10(2,3)9-13-12(7,8)14-11(4,5)6/h9H2,1-8H3. The lowest BCUT2D eigenvalue weighted by molar-refractivity contribution is -0.265. The maximum Gasteiger partial charge on any atom is 0.163 e. The van der Waals surface area contributed by atoms with Gasteiger partial charge in [0.15, 0.2) is 5.79 Å². The third kappa shape index (κ3) is 8.52. The highest BCUT2D eigenvalue weighted by Gasteiger charge is 2.27. The fourth-order valence-electron chi connectivity index (χ4n) is 1.16. The van der Waals surface area contributed by atoms with E-state index in [2.05, 4.69) is 20.8 Å². The van der Waals surface area contributed by atoms with Crippen LogP contribution in [0.3, 0.4) is 0 Å². The van der Waals surface area contributed by atoms with Crippen LogP contribution < -0.4 is 0 Å². The van der Waals surface area contributed by atoms with E-state index in [-0.39, 0.29) is 11.0 Å². The molecule has 86 valence electrons. The van der Waals surface area contributed by atoms with Gasteiger partial charge in [-0.05, 0) is 40.0 Å². The molecule has 0 N–H and O–H groups in total. The van der Waals surface area contributed by atoms with Crippen molar-refractivity contribution < 1.29 is 9.47 Å². The smallest absolute Gasteiger partial charge is 0.163 e. The van der Waals surface area contributed by atoms with E-state index in [1.165, 1.54) is 0 Å². The molecule has 0 spiro atoms. The molecule has 2 nitrogen and oxygen atoms in total. The first-order valence-corrected chi connectivity index (χ1v) is 5.25. The summed E-state index contributed by atoms with van der Waals surface area (Å²) in [7, 11) is 0. The minimum atomic E-state index is -0.508. The molecule has 0 atom stereocenters. The van der Waals surface area contributed by atoms with Crippen molar-refractivity contribution >= 4 is 0 Å². The lowest BCUT2D eigenvalue weighted by atomic mass is 9.98. The lowest BCUT2D eigenvalue weighted by Gasteiger charge is -2.35. The zero-order valence-corrected chi connectivity index (χ0v) is 11.0. The van der Waals surface area contributed by atoms with Gasteiger partial charge in [-0.25, -0.2) is 0 Å². The summed E-state index contributed by atoms with van der Waals surface area (Å²) in [5.41, 5.74) is 0.0138. The molecule has 0 amide bonds. The van der Waals surface area contributed by atoms with Gasteiger partial charge in [-0.2, -0.15) is 0 Å². The van der Waals surface area contributed by atoms with Crippen LogP contribution in [-0.2, 0) is 9.47 Å².